The SMILES string of the molecule is C/C(=N\[C@H](C)c1ccccc1)c1cccc2c1nnc1c(/C(C)=N/[C@H](C)c3ccccc3)cccc12. The van der Waals surface area contributed by atoms with Crippen molar-refractivity contribution >= 4 is 33.2 Å². The Morgan fingerprint density at radius 2 is 0.917 bits per heavy atom. The molecule has 2 atom stereocenters. The fraction of sp³-hybridized carbons (Fsp3) is 0.188. The molecule has 4 heteroatoms. The summed E-state index contributed by atoms with van der Waals surface area (Å²) in [4.78, 5) is 9.97. The average molecular weight is 471 g/mol. The molecular weight excluding hydrogens is 440 g/mol. The number of nitrogens with zero attached hydrogens (tertiary/aromatic N) is 4. The van der Waals surface area contributed by atoms with Crippen LogP contribution in [-0.2, 0) is 0 Å². The summed E-state index contributed by atoms with van der Waals surface area (Å²) in [7, 11) is 0. The van der Waals surface area contributed by atoms with Crippen molar-refractivity contribution in [3.8, 4) is 0 Å². The van der Waals surface area contributed by atoms with Crippen LogP contribution in [0, 0.1) is 0 Å². The number of aliphatic imine (C=N–C) groups is 2. The van der Waals surface area contributed by atoms with E-state index in [2.05, 4.69) is 113 Å². The van der Waals surface area contributed by atoms with E-state index in [4.69, 9.17) is 20.2 Å². The zero-order valence-electron chi connectivity index (χ0n) is 21.2. The third-order valence-electron chi connectivity index (χ3n) is 6.73. The first-order chi connectivity index (χ1) is 17.5. The predicted molar refractivity (Wildman–Crippen MR) is 151 cm³/mol. The highest BCUT2D eigenvalue weighted by atomic mass is 15.1. The van der Waals surface area contributed by atoms with Crippen LogP contribution < -0.4 is 0 Å². The molecule has 0 amide bonds. The van der Waals surface area contributed by atoms with E-state index in [-0.39, 0.29) is 12.1 Å². The van der Waals surface area contributed by atoms with Crippen molar-refractivity contribution in [2.75, 3.05) is 0 Å². The molecule has 0 N–H and O–H groups in total. The van der Waals surface area contributed by atoms with Gasteiger partial charge in [0.1, 0.15) is 11.0 Å². The zero-order chi connectivity index (χ0) is 25.1. The molecule has 0 saturated heterocycles. The summed E-state index contributed by atoms with van der Waals surface area (Å²) in [5.74, 6) is 0. The van der Waals surface area contributed by atoms with Crippen molar-refractivity contribution in [2.24, 2.45) is 9.98 Å². The number of benzene rings is 4. The van der Waals surface area contributed by atoms with Gasteiger partial charge in [0, 0.05) is 33.3 Å². The second kappa shape index (κ2) is 10.2. The van der Waals surface area contributed by atoms with E-state index in [1.165, 1.54) is 11.1 Å². The summed E-state index contributed by atoms with van der Waals surface area (Å²) in [5, 5.41) is 11.6. The minimum Gasteiger partial charge on any atom is -0.282 e. The summed E-state index contributed by atoms with van der Waals surface area (Å²) >= 11 is 0. The highest BCUT2D eigenvalue weighted by Gasteiger charge is 2.14. The molecule has 4 aromatic carbocycles. The molecule has 0 aliphatic rings. The van der Waals surface area contributed by atoms with Gasteiger partial charge in [-0.05, 0) is 38.8 Å². The van der Waals surface area contributed by atoms with Gasteiger partial charge >= 0.3 is 0 Å². The topological polar surface area (TPSA) is 50.5 Å². The van der Waals surface area contributed by atoms with Gasteiger partial charge in [0.05, 0.1) is 12.1 Å². The first-order valence-electron chi connectivity index (χ1n) is 12.4. The molecule has 36 heavy (non-hydrogen) atoms. The van der Waals surface area contributed by atoms with E-state index in [0.29, 0.717) is 0 Å². The second-order valence-electron chi connectivity index (χ2n) is 9.21. The summed E-state index contributed by atoms with van der Waals surface area (Å²) in [5.41, 5.74) is 8.06. The number of rotatable bonds is 6. The Bertz CT molecular complexity index is 1450. The molecule has 1 aromatic heterocycles. The first-order valence-corrected chi connectivity index (χ1v) is 12.4. The van der Waals surface area contributed by atoms with Gasteiger partial charge in [0.15, 0.2) is 0 Å². The number of hydrogen-bond acceptors (Lipinski definition) is 4. The minimum absolute atomic E-state index is 0.0620. The van der Waals surface area contributed by atoms with Gasteiger partial charge in [-0.3, -0.25) is 9.98 Å². The minimum atomic E-state index is 0.0620. The van der Waals surface area contributed by atoms with Crippen LogP contribution in [0.5, 0.6) is 0 Å². The smallest absolute Gasteiger partial charge is 0.103 e. The highest BCUT2D eigenvalue weighted by Crippen LogP contribution is 2.28. The molecule has 0 aliphatic carbocycles. The molecule has 0 fully saturated rings. The number of fused-ring (bicyclic) bond motifs is 3. The zero-order valence-corrected chi connectivity index (χ0v) is 21.2. The van der Waals surface area contributed by atoms with E-state index in [0.717, 1.165) is 44.4 Å². The lowest BCUT2D eigenvalue weighted by atomic mass is 10.00. The van der Waals surface area contributed by atoms with E-state index < -0.39 is 0 Å². The second-order valence-corrected chi connectivity index (χ2v) is 9.21. The van der Waals surface area contributed by atoms with Gasteiger partial charge < -0.3 is 0 Å². The van der Waals surface area contributed by atoms with Crippen LogP contribution in [0.2, 0.25) is 0 Å². The van der Waals surface area contributed by atoms with Crippen molar-refractivity contribution < 1.29 is 0 Å². The highest BCUT2D eigenvalue weighted by molar-refractivity contribution is 6.17. The molecule has 5 aromatic rings. The molecular formula is C32H30N4. The largest absolute Gasteiger partial charge is 0.282 e. The van der Waals surface area contributed by atoms with Gasteiger partial charge in [-0.15, -0.1) is 10.2 Å². The fourth-order valence-corrected chi connectivity index (χ4v) is 4.75. The first kappa shape index (κ1) is 23.6. The van der Waals surface area contributed by atoms with Crippen LogP contribution in [0.4, 0.5) is 0 Å². The molecule has 0 radical (unpaired) electrons. The molecule has 4 nitrogen and oxygen atoms in total. The van der Waals surface area contributed by atoms with Crippen molar-refractivity contribution in [1.82, 2.24) is 10.2 Å². The van der Waals surface area contributed by atoms with Crippen LogP contribution in [0.25, 0.3) is 21.8 Å². The summed E-state index contributed by atoms with van der Waals surface area (Å²) in [6.45, 7) is 8.35. The maximum absolute atomic E-state index is 4.98. The molecule has 0 aliphatic heterocycles. The number of aromatic nitrogens is 2. The normalized spacial score (nSPS) is 14.2. The lowest BCUT2D eigenvalue weighted by Crippen LogP contribution is -2.04. The molecule has 0 unspecified atom stereocenters. The van der Waals surface area contributed by atoms with Crippen LogP contribution in [0.1, 0.15) is 62.0 Å². The Morgan fingerprint density at radius 1 is 0.528 bits per heavy atom. The van der Waals surface area contributed by atoms with Gasteiger partial charge in [0.25, 0.3) is 0 Å². The lowest BCUT2D eigenvalue weighted by Gasteiger charge is -2.13. The molecule has 178 valence electrons. The Balaban J connectivity index is 1.56. The van der Waals surface area contributed by atoms with Crippen LogP contribution in [0.15, 0.2) is 107 Å². The van der Waals surface area contributed by atoms with Gasteiger partial charge in [-0.1, -0.05) is 97.1 Å². The third-order valence-corrected chi connectivity index (χ3v) is 6.73. The molecule has 1 heterocycles. The number of hydrogen-bond donors (Lipinski definition) is 0. The van der Waals surface area contributed by atoms with Crippen LogP contribution >= 0.6 is 0 Å². The standard InChI is InChI=1S/C32H30N4/c1-21(25-13-7-5-8-14-25)33-23(3)27-17-11-19-29-30-20-12-18-28(32(30)36-35-31(27)29)24(4)34-22(2)26-15-9-6-10-16-26/h5-22H,1-4H3/b33-23+,34-24+/t21-,22-/m1/s1. The van der Waals surface area contributed by atoms with Gasteiger partial charge in [0.2, 0.25) is 0 Å². The Hall–Kier alpha value is -4.18. The maximum Gasteiger partial charge on any atom is 0.103 e. The van der Waals surface area contributed by atoms with E-state index in [9.17, 15) is 0 Å². The van der Waals surface area contributed by atoms with Crippen LogP contribution in [-0.4, -0.2) is 21.6 Å². The maximum atomic E-state index is 4.98. The van der Waals surface area contributed by atoms with Crippen LogP contribution in [0.3, 0.4) is 0 Å². The van der Waals surface area contributed by atoms with Crippen molar-refractivity contribution in [3.05, 3.63) is 119 Å². The Labute approximate surface area is 212 Å². The lowest BCUT2D eigenvalue weighted by molar-refractivity contribution is 0.819. The summed E-state index contributed by atoms with van der Waals surface area (Å²) in [6, 6.07) is 33.4. The average Bonchev–Trinajstić information content (AvgIpc) is 2.93. The summed E-state index contributed by atoms with van der Waals surface area (Å²) in [6.07, 6.45) is 0. The van der Waals surface area contributed by atoms with Gasteiger partial charge in [-0.25, -0.2) is 0 Å². The van der Waals surface area contributed by atoms with Crippen molar-refractivity contribution in [1.29, 1.82) is 0 Å². The van der Waals surface area contributed by atoms with E-state index >= 15 is 0 Å². The molecule has 5 rings (SSSR count). The molecule has 0 saturated carbocycles. The van der Waals surface area contributed by atoms with Crippen molar-refractivity contribution in [3.63, 3.8) is 0 Å². The fourth-order valence-electron chi connectivity index (χ4n) is 4.75. The third kappa shape index (κ3) is 4.67. The summed E-state index contributed by atoms with van der Waals surface area (Å²) < 4.78 is 0. The van der Waals surface area contributed by atoms with E-state index in [1.807, 2.05) is 12.1 Å². The monoisotopic (exact) mass is 470 g/mol. The Morgan fingerprint density at radius 3 is 1.31 bits per heavy atom. The van der Waals surface area contributed by atoms with E-state index in [1.54, 1.807) is 0 Å². The van der Waals surface area contributed by atoms with Gasteiger partial charge in [-0.2, -0.15) is 0 Å². The quantitative estimate of drug-likeness (QED) is 0.187. The predicted octanol–water partition coefficient (Wildman–Crippen LogP) is 7.92. The molecule has 0 spiro atoms. The Kier molecular flexibility index (Phi) is 6.68. The van der Waals surface area contributed by atoms with Crippen molar-refractivity contribution in [2.45, 2.75) is 39.8 Å². The molecule has 0 bridgehead atoms.